The predicted octanol–water partition coefficient (Wildman–Crippen LogP) is 4.36. The highest BCUT2D eigenvalue weighted by molar-refractivity contribution is 5.78. The van der Waals surface area contributed by atoms with Gasteiger partial charge in [-0.2, -0.15) is 0 Å². The number of nitrogens with zero attached hydrogens (tertiary/aromatic N) is 2. The average molecular weight is 350 g/mol. The van der Waals surface area contributed by atoms with Gasteiger partial charge in [0.25, 0.3) is 0 Å². The van der Waals surface area contributed by atoms with Crippen molar-refractivity contribution in [2.75, 3.05) is 14.2 Å². The lowest BCUT2D eigenvalue weighted by Crippen LogP contribution is -2.08. The van der Waals surface area contributed by atoms with Gasteiger partial charge in [-0.1, -0.05) is 13.8 Å². The van der Waals surface area contributed by atoms with Crippen LogP contribution in [0.25, 0.3) is 22.1 Å². The van der Waals surface area contributed by atoms with Crippen LogP contribution in [0, 0.1) is 0 Å². The fraction of sp³-hybridized carbons (Fsp3) is 0.300. The Labute approximate surface area is 151 Å². The Hall–Kier alpha value is -3.02. The third kappa shape index (κ3) is 2.77. The van der Waals surface area contributed by atoms with Gasteiger partial charge in [0.05, 0.1) is 36.3 Å². The van der Waals surface area contributed by atoms with Crippen molar-refractivity contribution in [1.82, 2.24) is 19.9 Å². The molecule has 2 atom stereocenters. The van der Waals surface area contributed by atoms with Crippen molar-refractivity contribution in [3.8, 4) is 11.5 Å². The summed E-state index contributed by atoms with van der Waals surface area (Å²) < 4.78 is 10.6. The van der Waals surface area contributed by atoms with Gasteiger partial charge in [-0.15, -0.1) is 0 Å². The van der Waals surface area contributed by atoms with E-state index in [4.69, 9.17) is 19.4 Å². The molecule has 4 aromatic rings. The van der Waals surface area contributed by atoms with E-state index in [-0.39, 0.29) is 11.8 Å². The first-order chi connectivity index (χ1) is 12.6. The third-order valence-corrected chi connectivity index (χ3v) is 5.03. The molecule has 26 heavy (non-hydrogen) atoms. The van der Waals surface area contributed by atoms with E-state index in [1.165, 1.54) is 0 Å². The summed E-state index contributed by atoms with van der Waals surface area (Å²) in [6.45, 7) is 4.32. The summed E-state index contributed by atoms with van der Waals surface area (Å²) in [6, 6.07) is 11.7. The summed E-state index contributed by atoms with van der Waals surface area (Å²) in [6.07, 6.45) is 0. The number of imidazole rings is 2. The zero-order valence-electron chi connectivity index (χ0n) is 15.3. The van der Waals surface area contributed by atoms with Crippen molar-refractivity contribution in [3.05, 3.63) is 48.0 Å². The largest absolute Gasteiger partial charge is 0.497 e. The standard InChI is InChI=1S/C20H22N4O2/c1-11(19-21-15-7-5-13(25-3)9-17(15)23-19)12(2)20-22-16-8-6-14(26-4)10-18(16)24-20/h5-12H,1-4H3,(H,21,23)(H,22,24). The maximum absolute atomic E-state index is 5.29. The first-order valence-electron chi connectivity index (χ1n) is 8.66. The zero-order chi connectivity index (χ0) is 18.3. The SMILES string of the molecule is COc1ccc2nc(C(C)C(C)c3nc4ccc(OC)cc4[nH]3)[nH]c2c1. The van der Waals surface area contributed by atoms with Gasteiger partial charge >= 0.3 is 0 Å². The lowest BCUT2D eigenvalue weighted by atomic mass is 9.95. The first-order valence-corrected chi connectivity index (χ1v) is 8.66. The van der Waals surface area contributed by atoms with Gasteiger partial charge in [-0.25, -0.2) is 9.97 Å². The number of aromatic nitrogens is 4. The minimum atomic E-state index is 0.177. The summed E-state index contributed by atoms with van der Waals surface area (Å²) in [5.74, 6) is 3.88. The van der Waals surface area contributed by atoms with Crippen molar-refractivity contribution >= 4 is 22.1 Å². The van der Waals surface area contributed by atoms with Crippen LogP contribution in [0.1, 0.15) is 37.3 Å². The summed E-state index contributed by atoms with van der Waals surface area (Å²) >= 11 is 0. The fourth-order valence-electron chi connectivity index (χ4n) is 3.18. The molecule has 4 rings (SSSR count). The first kappa shape index (κ1) is 16.4. The molecule has 2 aromatic carbocycles. The number of hydrogen-bond acceptors (Lipinski definition) is 4. The van der Waals surface area contributed by atoms with E-state index in [1.54, 1.807) is 14.2 Å². The third-order valence-electron chi connectivity index (χ3n) is 5.03. The van der Waals surface area contributed by atoms with Crippen LogP contribution >= 0.6 is 0 Å². The molecular formula is C20H22N4O2. The minimum absolute atomic E-state index is 0.177. The molecule has 0 bridgehead atoms. The highest BCUT2D eigenvalue weighted by atomic mass is 16.5. The number of fused-ring (bicyclic) bond motifs is 2. The van der Waals surface area contributed by atoms with Crippen LogP contribution in [0.5, 0.6) is 11.5 Å². The van der Waals surface area contributed by atoms with Crippen LogP contribution in [-0.4, -0.2) is 34.2 Å². The molecule has 0 spiro atoms. The molecule has 0 amide bonds. The van der Waals surface area contributed by atoms with Crippen molar-refractivity contribution in [1.29, 1.82) is 0 Å². The quantitative estimate of drug-likeness (QED) is 0.560. The summed E-state index contributed by atoms with van der Waals surface area (Å²) in [5, 5.41) is 0. The molecule has 0 fully saturated rings. The second kappa shape index (κ2) is 6.37. The van der Waals surface area contributed by atoms with Crippen LogP contribution in [0.4, 0.5) is 0 Å². The Kier molecular flexibility index (Phi) is 4.03. The number of hydrogen-bond donors (Lipinski definition) is 2. The van der Waals surface area contributed by atoms with Gasteiger partial charge in [0.1, 0.15) is 23.1 Å². The molecule has 6 heteroatoms. The Balaban J connectivity index is 1.65. The van der Waals surface area contributed by atoms with E-state index >= 15 is 0 Å². The highest BCUT2D eigenvalue weighted by Crippen LogP contribution is 2.32. The van der Waals surface area contributed by atoms with Gasteiger partial charge in [-0.3, -0.25) is 0 Å². The van der Waals surface area contributed by atoms with Crippen LogP contribution in [-0.2, 0) is 0 Å². The molecule has 6 nitrogen and oxygen atoms in total. The van der Waals surface area contributed by atoms with E-state index in [0.717, 1.165) is 45.2 Å². The molecule has 0 aliphatic carbocycles. The van der Waals surface area contributed by atoms with Crippen molar-refractivity contribution in [2.24, 2.45) is 0 Å². The number of methoxy groups -OCH3 is 2. The molecule has 0 saturated carbocycles. The Morgan fingerprint density at radius 3 is 1.54 bits per heavy atom. The highest BCUT2D eigenvalue weighted by Gasteiger charge is 2.22. The predicted molar refractivity (Wildman–Crippen MR) is 102 cm³/mol. The molecule has 0 aliphatic rings. The van der Waals surface area contributed by atoms with Gasteiger partial charge in [-0.05, 0) is 24.3 Å². The van der Waals surface area contributed by atoms with E-state index < -0.39 is 0 Å². The van der Waals surface area contributed by atoms with Gasteiger partial charge in [0.2, 0.25) is 0 Å². The lowest BCUT2D eigenvalue weighted by molar-refractivity contribution is 0.415. The smallest absolute Gasteiger partial charge is 0.121 e. The molecule has 2 N–H and O–H groups in total. The monoisotopic (exact) mass is 350 g/mol. The minimum Gasteiger partial charge on any atom is -0.497 e. The van der Waals surface area contributed by atoms with Crippen LogP contribution in [0.3, 0.4) is 0 Å². The molecule has 0 aliphatic heterocycles. The number of nitrogens with one attached hydrogen (secondary N) is 2. The molecule has 2 unspecified atom stereocenters. The Morgan fingerprint density at radius 2 is 1.15 bits per heavy atom. The lowest BCUT2D eigenvalue weighted by Gasteiger charge is -2.15. The van der Waals surface area contributed by atoms with Gasteiger partial charge < -0.3 is 19.4 Å². The molecule has 2 heterocycles. The molecule has 2 aromatic heterocycles. The number of H-pyrrole nitrogens is 2. The fourth-order valence-corrected chi connectivity index (χ4v) is 3.18. The van der Waals surface area contributed by atoms with Crippen molar-refractivity contribution in [2.45, 2.75) is 25.7 Å². The summed E-state index contributed by atoms with van der Waals surface area (Å²) in [7, 11) is 3.33. The van der Waals surface area contributed by atoms with Crippen LogP contribution < -0.4 is 9.47 Å². The maximum atomic E-state index is 5.29. The number of ether oxygens (including phenoxy) is 2. The zero-order valence-corrected chi connectivity index (χ0v) is 15.3. The summed E-state index contributed by atoms with van der Waals surface area (Å²) in [4.78, 5) is 16.3. The average Bonchev–Trinajstić information content (AvgIpc) is 3.29. The van der Waals surface area contributed by atoms with E-state index in [2.05, 4.69) is 23.8 Å². The van der Waals surface area contributed by atoms with E-state index in [1.807, 2.05) is 36.4 Å². The molecule has 0 saturated heterocycles. The van der Waals surface area contributed by atoms with Gasteiger partial charge in [0, 0.05) is 24.0 Å². The van der Waals surface area contributed by atoms with Crippen LogP contribution in [0.15, 0.2) is 36.4 Å². The Bertz CT molecular complexity index is 980. The molecular weight excluding hydrogens is 328 g/mol. The van der Waals surface area contributed by atoms with Crippen molar-refractivity contribution in [3.63, 3.8) is 0 Å². The van der Waals surface area contributed by atoms with E-state index in [0.29, 0.717) is 0 Å². The topological polar surface area (TPSA) is 75.8 Å². The summed E-state index contributed by atoms with van der Waals surface area (Å²) in [5.41, 5.74) is 3.84. The normalized spacial score (nSPS) is 13.8. The molecule has 0 radical (unpaired) electrons. The number of rotatable bonds is 5. The second-order valence-corrected chi connectivity index (χ2v) is 6.59. The second-order valence-electron chi connectivity index (χ2n) is 6.59. The number of aromatic amines is 2. The van der Waals surface area contributed by atoms with Crippen LogP contribution in [0.2, 0.25) is 0 Å². The van der Waals surface area contributed by atoms with E-state index in [9.17, 15) is 0 Å². The maximum Gasteiger partial charge on any atom is 0.121 e. The van der Waals surface area contributed by atoms with Gasteiger partial charge in [0.15, 0.2) is 0 Å². The number of benzene rings is 2. The van der Waals surface area contributed by atoms with Crippen molar-refractivity contribution < 1.29 is 9.47 Å². The Morgan fingerprint density at radius 1 is 0.731 bits per heavy atom. The molecule has 134 valence electrons.